The van der Waals surface area contributed by atoms with Gasteiger partial charge in [0.25, 0.3) is 0 Å². The molecule has 1 aliphatic rings. The lowest BCUT2D eigenvalue weighted by Crippen LogP contribution is -2.36. The van der Waals surface area contributed by atoms with E-state index in [4.69, 9.17) is 9.47 Å². The van der Waals surface area contributed by atoms with Gasteiger partial charge < -0.3 is 9.47 Å². The smallest absolute Gasteiger partial charge is 0.325 e. The van der Waals surface area contributed by atoms with Crippen molar-refractivity contribution in [2.75, 3.05) is 19.0 Å². The summed E-state index contributed by atoms with van der Waals surface area (Å²) in [6, 6.07) is 5.06. The lowest BCUT2D eigenvalue weighted by molar-refractivity contribution is -0.164. The van der Waals surface area contributed by atoms with Gasteiger partial charge in [-0.25, -0.2) is 12.8 Å². The molecule has 2 rings (SSSR count). The summed E-state index contributed by atoms with van der Waals surface area (Å²) >= 11 is 0. The maximum absolute atomic E-state index is 13.2. The first-order valence-corrected chi connectivity index (χ1v) is 9.80. The number of hydrogen-bond acceptors (Lipinski definition) is 6. The van der Waals surface area contributed by atoms with Crippen LogP contribution < -0.4 is 0 Å². The minimum atomic E-state index is -3.76. The molecule has 0 unspecified atom stereocenters. The normalized spacial score (nSPS) is 21.4. The fourth-order valence-electron chi connectivity index (χ4n) is 3.20. The monoisotopic (exact) mass is 372 g/mol. The van der Waals surface area contributed by atoms with Crippen LogP contribution in [0.3, 0.4) is 0 Å². The molecule has 0 bridgehead atoms. The van der Waals surface area contributed by atoms with E-state index in [0.717, 1.165) is 12.1 Å². The molecule has 1 aromatic rings. The number of sulfone groups is 1. The van der Waals surface area contributed by atoms with Gasteiger partial charge in [0.05, 0.1) is 18.5 Å². The highest BCUT2D eigenvalue weighted by Crippen LogP contribution is 2.64. The molecule has 1 aromatic carbocycles. The molecule has 6 nitrogen and oxygen atoms in total. The maximum atomic E-state index is 13.2. The van der Waals surface area contributed by atoms with Crippen LogP contribution >= 0.6 is 0 Å². The van der Waals surface area contributed by atoms with Crippen molar-refractivity contribution in [1.82, 2.24) is 0 Å². The molecular formula is C17H21FO6S. The largest absolute Gasteiger partial charge is 0.465 e. The molecule has 0 N–H and O–H groups in total. The number of benzene rings is 1. The first-order valence-electron chi connectivity index (χ1n) is 8.08. The van der Waals surface area contributed by atoms with Crippen molar-refractivity contribution < 1.29 is 31.9 Å². The van der Waals surface area contributed by atoms with Crippen LogP contribution in [0.1, 0.15) is 32.3 Å². The Morgan fingerprint density at radius 3 is 1.92 bits per heavy atom. The average molecular weight is 372 g/mol. The summed E-state index contributed by atoms with van der Waals surface area (Å²) in [6.07, 6.45) is 0. The quantitative estimate of drug-likeness (QED) is 0.536. The van der Waals surface area contributed by atoms with E-state index in [1.54, 1.807) is 13.8 Å². The summed E-state index contributed by atoms with van der Waals surface area (Å²) in [5, 5.41) is -1.28. The zero-order valence-electron chi connectivity index (χ0n) is 14.3. The maximum Gasteiger partial charge on any atom is 0.325 e. The van der Waals surface area contributed by atoms with Gasteiger partial charge in [-0.3, -0.25) is 9.59 Å². The van der Waals surface area contributed by atoms with Gasteiger partial charge in [-0.2, -0.15) is 0 Å². The van der Waals surface area contributed by atoms with E-state index in [1.165, 1.54) is 19.1 Å². The minimum Gasteiger partial charge on any atom is -0.465 e. The molecule has 0 saturated heterocycles. The van der Waals surface area contributed by atoms with Gasteiger partial charge in [0.2, 0.25) is 0 Å². The van der Waals surface area contributed by atoms with Crippen molar-refractivity contribution in [3.8, 4) is 0 Å². The van der Waals surface area contributed by atoms with Crippen molar-refractivity contribution >= 4 is 21.8 Å². The number of hydrogen-bond donors (Lipinski definition) is 0. The van der Waals surface area contributed by atoms with Crippen LogP contribution in [0.2, 0.25) is 0 Å². The minimum absolute atomic E-state index is 0.00494. The highest BCUT2D eigenvalue weighted by atomic mass is 32.2. The average Bonchev–Trinajstić information content (AvgIpc) is 3.28. The Kier molecular flexibility index (Phi) is 5.51. The Hall–Kier alpha value is -1.96. The fourth-order valence-corrected chi connectivity index (χ4v) is 5.18. The third kappa shape index (κ3) is 3.15. The number of halogens is 1. The van der Waals surface area contributed by atoms with Crippen molar-refractivity contribution in [3.05, 3.63) is 35.6 Å². The molecular weight excluding hydrogens is 351 g/mol. The summed E-state index contributed by atoms with van der Waals surface area (Å²) in [7, 11) is -3.76. The molecule has 1 fully saturated rings. The van der Waals surface area contributed by atoms with E-state index in [9.17, 15) is 22.4 Å². The lowest BCUT2D eigenvalue weighted by atomic mass is 9.99. The third-order valence-electron chi connectivity index (χ3n) is 4.38. The van der Waals surface area contributed by atoms with Gasteiger partial charge in [0.15, 0.2) is 15.3 Å². The first-order chi connectivity index (χ1) is 11.8. The number of ether oxygens (including phenoxy) is 2. The van der Waals surface area contributed by atoms with Gasteiger partial charge in [0.1, 0.15) is 5.82 Å². The standard InChI is InChI=1S/C17H21FO6S/c1-4-23-15(19)17(16(20)24-5-2)13(14(17)25(21,22)6-3)11-7-9-12(18)10-8-11/h7-10,13-14H,4-6H2,1-3H3/t13-,14+/m0/s1. The molecule has 25 heavy (non-hydrogen) atoms. The summed E-state index contributed by atoms with van der Waals surface area (Å²) in [5.41, 5.74) is -1.57. The topological polar surface area (TPSA) is 86.7 Å². The van der Waals surface area contributed by atoms with Crippen molar-refractivity contribution in [3.63, 3.8) is 0 Å². The molecule has 0 amide bonds. The molecule has 0 aliphatic heterocycles. The van der Waals surface area contributed by atoms with Crippen LogP contribution in [0.5, 0.6) is 0 Å². The van der Waals surface area contributed by atoms with Crippen LogP contribution in [0.25, 0.3) is 0 Å². The van der Waals surface area contributed by atoms with E-state index in [2.05, 4.69) is 0 Å². The highest BCUT2D eigenvalue weighted by Gasteiger charge is 2.81. The van der Waals surface area contributed by atoms with Gasteiger partial charge in [0, 0.05) is 11.7 Å². The fraction of sp³-hybridized carbons (Fsp3) is 0.529. The summed E-state index contributed by atoms with van der Waals surface area (Å²) in [5.74, 6) is -3.56. The first kappa shape index (κ1) is 19.4. The summed E-state index contributed by atoms with van der Waals surface area (Å²) in [6.45, 7) is 4.56. The van der Waals surface area contributed by atoms with E-state index in [0.29, 0.717) is 5.56 Å². The van der Waals surface area contributed by atoms with Crippen LogP contribution in [0, 0.1) is 11.2 Å². The Labute approximate surface area is 146 Å². The Bertz CT molecular complexity index is 738. The Balaban J connectivity index is 2.61. The summed E-state index contributed by atoms with van der Waals surface area (Å²) in [4.78, 5) is 25.2. The molecule has 1 saturated carbocycles. The van der Waals surface area contributed by atoms with Gasteiger partial charge in [-0.1, -0.05) is 19.1 Å². The molecule has 138 valence electrons. The van der Waals surface area contributed by atoms with Gasteiger partial charge >= 0.3 is 11.9 Å². The van der Waals surface area contributed by atoms with Crippen molar-refractivity contribution in [2.45, 2.75) is 31.9 Å². The zero-order valence-corrected chi connectivity index (χ0v) is 15.1. The van der Waals surface area contributed by atoms with Gasteiger partial charge in [-0.05, 0) is 31.5 Å². The van der Waals surface area contributed by atoms with E-state index in [1.807, 2.05) is 0 Å². The molecule has 2 atom stereocenters. The summed E-state index contributed by atoms with van der Waals surface area (Å²) < 4.78 is 48.3. The predicted molar refractivity (Wildman–Crippen MR) is 88.1 cm³/mol. The number of carbonyl (C=O) groups excluding carboxylic acids is 2. The van der Waals surface area contributed by atoms with Crippen LogP contribution in [-0.4, -0.2) is 44.6 Å². The second-order valence-corrected chi connectivity index (χ2v) is 8.12. The second kappa shape index (κ2) is 7.11. The van der Waals surface area contributed by atoms with Crippen LogP contribution in [0.4, 0.5) is 4.39 Å². The highest BCUT2D eigenvalue weighted by molar-refractivity contribution is 7.92. The van der Waals surface area contributed by atoms with Crippen molar-refractivity contribution in [2.24, 2.45) is 5.41 Å². The zero-order chi connectivity index (χ0) is 18.8. The molecule has 1 aliphatic carbocycles. The van der Waals surface area contributed by atoms with Crippen molar-refractivity contribution in [1.29, 1.82) is 0 Å². The lowest BCUT2D eigenvalue weighted by Gasteiger charge is -2.15. The number of rotatable bonds is 7. The Morgan fingerprint density at radius 2 is 1.52 bits per heavy atom. The molecule has 0 spiro atoms. The number of esters is 2. The van der Waals surface area contributed by atoms with E-state index in [-0.39, 0.29) is 19.0 Å². The number of carbonyl (C=O) groups is 2. The predicted octanol–water partition coefficient (Wildman–Crippen LogP) is 1.84. The second-order valence-electron chi connectivity index (χ2n) is 5.71. The van der Waals surface area contributed by atoms with Crippen LogP contribution in [-0.2, 0) is 28.9 Å². The van der Waals surface area contributed by atoms with E-state index < -0.39 is 44.2 Å². The molecule has 0 heterocycles. The van der Waals surface area contributed by atoms with Gasteiger partial charge in [-0.15, -0.1) is 0 Å². The SMILES string of the molecule is CCOC(=O)C1(C(=O)OCC)[C@H](S(=O)(=O)CC)[C@@H]1c1ccc(F)cc1. The third-order valence-corrected chi connectivity index (χ3v) is 6.60. The molecule has 0 radical (unpaired) electrons. The molecule has 0 aromatic heterocycles. The Morgan fingerprint density at radius 1 is 1.04 bits per heavy atom. The van der Waals surface area contributed by atoms with E-state index >= 15 is 0 Å². The van der Waals surface area contributed by atoms with Crippen LogP contribution in [0.15, 0.2) is 24.3 Å². The molecule has 8 heteroatoms.